The first-order chi connectivity index (χ1) is 8.10. The van der Waals surface area contributed by atoms with E-state index >= 15 is 0 Å². The van der Waals surface area contributed by atoms with E-state index < -0.39 is 12.0 Å². The van der Waals surface area contributed by atoms with Gasteiger partial charge in [0.2, 0.25) is 5.91 Å². The molecular formula is C11H19NO5. The molecule has 3 N–H and O–H groups in total. The number of amides is 1. The summed E-state index contributed by atoms with van der Waals surface area (Å²) in [6.45, 7) is 2.20. The number of nitrogens with one attached hydrogen (secondary N) is 1. The van der Waals surface area contributed by atoms with Crippen LogP contribution in [0.5, 0.6) is 0 Å². The van der Waals surface area contributed by atoms with Gasteiger partial charge in [0.05, 0.1) is 12.0 Å². The molecule has 1 aliphatic heterocycles. The van der Waals surface area contributed by atoms with Crippen molar-refractivity contribution in [1.29, 1.82) is 0 Å². The van der Waals surface area contributed by atoms with Crippen LogP contribution in [0.15, 0.2) is 0 Å². The van der Waals surface area contributed by atoms with Gasteiger partial charge in [0, 0.05) is 19.6 Å². The minimum atomic E-state index is -1.13. The molecule has 17 heavy (non-hydrogen) atoms. The fourth-order valence-corrected chi connectivity index (χ4v) is 2.02. The van der Waals surface area contributed by atoms with Crippen LogP contribution < -0.4 is 5.32 Å². The lowest BCUT2D eigenvalue weighted by atomic mass is 9.98. The zero-order valence-corrected chi connectivity index (χ0v) is 9.89. The second kappa shape index (κ2) is 6.56. The number of hydrogen-bond acceptors (Lipinski definition) is 4. The van der Waals surface area contributed by atoms with Crippen LogP contribution in [0.25, 0.3) is 0 Å². The van der Waals surface area contributed by atoms with Gasteiger partial charge in [-0.3, -0.25) is 4.79 Å². The molecule has 98 valence electrons. The highest BCUT2D eigenvalue weighted by Gasteiger charge is 2.34. The molecule has 3 unspecified atom stereocenters. The van der Waals surface area contributed by atoms with Crippen molar-refractivity contribution in [2.24, 2.45) is 5.92 Å². The lowest BCUT2D eigenvalue weighted by Gasteiger charge is -2.19. The molecule has 1 rings (SSSR count). The zero-order chi connectivity index (χ0) is 12.8. The summed E-state index contributed by atoms with van der Waals surface area (Å²) in [5, 5.41) is 20.0. The highest BCUT2D eigenvalue weighted by atomic mass is 16.5. The summed E-state index contributed by atoms with van der Waals surface area (Å²) in [5.74, 6) is -1.70. The van der Waals surface area contributed by atoms with Crippen LogP contribution in [-0.4, -0.2) is 47.4 Å². The maximum absolute atomic E-state index is 11.9. The topological polar surface area (TPSA) is 95.9 Å². The van der Waals surface area contributed by atoms with Crippen molar-refractivity contribution >= 4 is 11.9 Å². The van der Waals surface area contributed by atoms with Crippen molar-refractivity contribution in [2.45, 2.75) is 38.3 Å². The molecule has 1 saturated heterocycles. The first-order valence-corrected chi connectivity index (χ1v) is 5.85. The third kappa shape index (κ3) is 3.67. The Balaban J connectivity index is 2.54. The summed E-state index contributed by atoms with van der Waals surface area (Å²) in [5.41, 5.74) is 0. The Labute approximate surface area is 100.0 Å². The average Bonchev–Trinajstić information content (AvgIpc) is 2.76. The molecule has 1 aliphatic rings. The molecule has 0 aromatic carbocycles. The SMILES string of the molecule is CCC1OCCC1C(=O)NC(CCO)C(=O)O. The Kier molecular flexibility index (Phi) is 5.37. The minimum Gasteiger partial charge on any atom is -0.480 e. The molecule has 6 heteroatoms. The molecule has 0 bridgehead atoms. The number of aliphatic carboxylic acids is 1. The molecule has 0 aromatic heterocycles. The van der Waals surface area contributed by atoms with E-state index in [0.717, 1.165) is 6.42 Å². The third-order valence-corrected chi connectivity index (χ3v) is 2.98. The summed E-state index contributed by atoms with van der Waals surface area (Å²) in [4.78, 5) is 22.7. The summed E-state index contributed by atoms with van der Waals surface area (Å²) in [6.07, 6.45) is 1.25. The second-order valence-electron chi connectivity index (χ2n) is 4.12. The fourth-order valence-electron chi connectivity index (χ4n) is 2.02. The molecule has 0 spiro atoms. The van der Waals surface area contributed by atoms with Gasteiger partial charge in [-0.25, -0.2) is 4.79 Å². The number of carbonyl (C=O) groups is 2. The van der Waals surface area contributed by atoms with E-state index in [-0.39, 0.29) is 31.0 Å². The summed E-state index contributed by atoms with van der Waals surface area (Å²) in [7, 11) is 0. The van der Waals surface area contributed by atoms with Gasteiger partial charge in [0.1, 0.15) is 6.04 Å². The number of rotatable bonds is 6. The normalized spacial score (nSPS) is 25.5. The molecular weight excluding hydrogens is 226 g/mol. The van der Waals surface area contributed by atoms with E-state index in [1.165, 1.54) is 0 Å². The molecule has 0 aliphatic carbocycles. The van der Waals surface area contributed by atoms with Gasteiger partial charge in [-0.1, -0.05) is 6.92 Å². The molecule has 1 amide bonds. The third-order valence-electron chi connectivity index (χ3n) is 2.98. The highest BCUT2D eigenvalue weighted by Crippen LogP contribution is 2.23. The van der Waals surface area contributed by atoms with Gasteiger partial charge >= 0.3 is 5.97 Å². The maximum Gasteiger partial charge on any atom is 0.326 e. The Morgan fingerprint density at radius 1 is 1.53 bits per heavy atom. The van der Waals surface area contributed by atoms with Crippen molar-refractivity contribution in [1.82, 2.24) is 5.32 Å². The number of carbonyl (C=O) groups excluding carboxylic acids is 1. The van der Waals surface area contributed by atoms with Gasteiger partial charge in [-0.05, 0) is 12.8 Å². The summed E-state index contributed by atoms with van der Waals surface area (Å²) in [6, 6.07) is -1.02. The van der Waals surface area contributed by atoms with Crippen LogP contribution in [0.3, 0.4) is 0 Å². The smallest absolute Gasteiger partial charge is 0.326 e. The summed E-state index contributed by atoms with van der Waals surface area (Å²) < 4.78 is 5.38. The number of ether oxygens (including phenoxy) is 1. The molecule has 6 nitrogen and oxygen atoms in total. The van der Waals surface area contributed by atoms with Crippen LogP contribution in [0.2, 0.25) is 0 Å². The van der Waals surface area contributed by atoms with Gasteiger partial charge in [0.25, 0.3) is 0 Å². The van der Waals surface area contributed by atoms with Crippen molar-refractivity contribution in [3.63, 3.8) is 0 Å². The van der Waals surface area contributed by atoms with Crippen LogP contribution in [-0.2, 0) is 14.3 Å². The van der Waals surface area contributed by atoms with Crippen molar-refractivity contribution in [3.8, 4) is 0 Å². The van der Waals surface area contributed by atoms with Crippen molar-refractivity contribution in [3.05, 3.63) is 0 Å². The zero-order valence-electron chi connectivity index (χ0n) is 9.89. The van der Waals surface area contributed by atoms with E-state index in [4.69, 9.17) is 14.9 Å². The number of hydrogen-bond donors (Lipinski definition) is 3. The molecule has 0 radical (unpaired) electrons. The van der Waals surface area contributed by atoms with Crippen LogP contribution in [0.4, 0.5) is 0 Å². The van der Waals surface area contributed by atoms with Gasteiger partial charge in [-0.15, -0.1) is 0 Å². The standard InChI is InChI=1S/C11H19NO5/c1-2-9-7(4-6-17-9)10(14)12-8(3-5-13)11(15)16/h7-9,13H,2-6H2,1H3,(H,12,14)(H,15,16). The molecule has 3 atom stereocenters. The Hall–Kier alpha value is -1.14. The highest BCUT2D eigenvalue weighted by molar-refractivity contribution is 5.85. The molecule has 0 aromatic rings. The molecule has 1 heterocycles. The Morgan fingerprint density at radius 2 is 2.24 bits per heavy atom. The number of carboxylic acid groups (broad SMARTS) is 1. The van der Waals surface area contributed by atoms with Gasteiger partial charge in [0.15, 0.2) is 0 Å². The Morgan fingerprint density at radius 3 is 2.76 bits per heavy atom. The monoisotopic (exact) mass is 245 g/mol. The number of aliphatic hydroxyl groups excluding tert-OH is 1. The second-order valence-corrected chi connectivity index (χ2v) is 4.12. The molecule has 0 saturated carbocycles. The summed E-state index contributed by atoms with van der Waals surface area (Å²) >= 11 is 0. The van der Waals surface area contributed by atoms with E-state index in [0.29, 0.717) is 13.0 Å². The maximum atomic E-state index is 11.9. The average molecular weight is 245 g/mol. The first-order valence-electron chi connectivity index (χ1n) is 5.85. The predicted molar refractivity (Wildman–Crippen MR) is 59.4 cm³/mol. The quantitative estimate of drug-likeness (QED) is 0.600. The minimum absolute atomic E-state index is 0.0193. The van der Waals surface area contributed by atoms with Crippen LogP contribution in [0.1, 0.15) is 26.2 Å². The predicted octanol–water partition coefficient (Wildman–Crippen LogP) is -0.247. The lowest BCUT2D eigenvalue weighted by molar-refractivity contribution is -0.143. The number of carboxylic acids is 1. The fraction of sp³-hybridized carbons (Fsp3) is 0.818. The van der Waals surface area contributed by atoms with E-state index in [1.54, 1.807) is 0 Å². The van der Waals surface area contributed by atoms with E-state index in [9.17, 15) is 9.59 Å². The van der Waals surface area contributed by atoms with Gasteiger partial charge in [-0.2, -0.15) is 0 Å². The molecule has 1 fully saturated rings. The van der Waals surface area contributed by atoms with Crippen molar-refractivity contribution < 1.29 is 24.5 Å². The van der Waals surface area contributed by atoms with E-state index in [1.807, 2.05) is 6.92 Å². The largest absolute Gasteiger partial charge is 0.480 e. The van der Waals surface area contributed by atoms with E-state index in [2.05, 4.69) is 5.32 Å². The Bertz CT molecular complexity index is 281. The number of aliphatic hydroxyl groups is 1. The van der Waals surface area contributed by atoms with Crippen LogP contribution in [0, 0.1) is 5.92 Å². The van der Waals surface area contributed by atoms with Gasteiger partial charge < -0.3 is 20.3 Å². The lowest BCUT2D eigenvalue weighted by Crippen LogP contribution is -2.45. The first kappa shape index (κ1) is 13.9. The van der Waals surface area contributed by atoms with Crippen LogP contribution >= 0.6 is 0 Å². The van der Waals surface area contributed by atoms with Crippen molar-refractivity contribution in [2.75, 3.05) is 13.2 Å².